The molecule has 2 aromatic carbocycles. The molecule has 5 heteroatoms. The van der Waals surface area contributed by atoms with Crippen molar-refractivity contribution in [3.63, 3.8) is 0 Å². The van der Waals surface area contributed by atoms with E-state index in [1.54, 1.807) is 12.1 Å². The zero-order valence-electron chi connectivity index (χ0n) is 9.08. The molecule has 0 aliphatic carbocycles. The van der Waals surface area contributed by atoms with Crippen molar-refractivity contribution in [2.75, 3.05) is 5.32 Å². The number of carbonyl (C=O) groups is 1. The summed E-state index contributed by atoms with van der Waals surface area (Å²) in [5.74, 6) is -0.969. The highest BCUT2D eigenvalue weighted by molar-refractivity contribution is 6.35. The number of anilines is 1. The molecule has 18 heavy (non-hydrogen) atoms. The Labute approximate surface area is 113 Å². The van der Waals surface area contributed by atoms with Crippen molar-refractivity contribution in [1.29, 1.82) is 0 Å². The molecular weight excluding hydrogens is 276 g/mol. The van der Waals surface area contributed by atoms with Crippen LogP contribution in [0.4, 0.5) is 10.1 Å². The van der Waals surface area contributed by atoms with E-state index in [0.29, 0.717) is 10.0 Å². The van der Waals surface area contributed by atoms with Gasteiger partial charge < -0.3 is 5.32 Å². The van der Waals surface area contributed by atoms with Crippen LogP contribution in [0.3, 0.4) is 0 Å². The van der Waals surface area contributed by atoms with Crippen molar-refractivity contribution in [2.24, 2.45) is 0 Å². The van der Waals surface area contributed by atoms with Gasteiger partial charge in [0.2, 0.25) is 0 Å². The number of benzene rings is 2. The summed E-state index contributed by atoms with van der Waals surface area (Å²) in [5.41, 5.74) is 0.384. The molecule has 0 aliphatic heterocycles. The van der Waals surface area contributed by atoms with Crippen molar-refractivity contribution in [2.45, 2.75) is 0 Å². The summed E-state index contributed by atoms with van der Waals surface area (Å²) in [5, 5.41) is 3.15. The quantitative estimate of drug-likeness (QED) is 0.870. The molecule has 0 fully saturated rings. The smallest absolute Gasteiger partial charge is 0.255 e. The molecule has 0 aromatic heterocycles. The Hall–Kier alpha value is -1.58. The van der Waals surface area contributed by atoms with Crippen LogP contribution in [0.5, 0.6) is 0 Å². The van der Waals surface area contributed by atoms with Crippen molar-refractivity contribution < 1.29 is 9.18 Å². The van der Waals surface area contributed by atoms with Crippen LogP contribution in [0.1, 0.15) is 10.4 Å². The van der Waals surface area contributed by atoms with E-state index in [9.17, 15) is 9.18 Å². The second kappa shape index (κ2) is 5.38. The number of halogens is 3. The largest absolute Gasteiger partial charge is 0.319 e. The van der Waals surface area contributed by atoms with Crippen molar-refractivity contribution >= 4 is 34.8 Å². The standard InChI is InChI=1S/C13H8Cl2FNO/c14-9-5-8(6-10(15)7-9)13(18)17-12-4-2-1-3-11(12)16/h1-7H,(H,17,18). The van der Waals surface area contributed by atoms with Crippen LogP contribution in [0.15, 0.2) is 42.5 Å². The molecule has 2 aromatic rings. The Kier molecular flexibility index (Phi) is 3.84. The summed E-state index contributed by atoms with van der Waals surface area (Å²) in [6.45, 7) is 0. The predicted molar refractivity (Wildman–Crippen MR) is 70.8 cm³/mol. The van der Waals surface area contributed by atoms with Crippen LogP contribution < -0.4 is 5.32 Å². The molecule has 0 saturated carbocycles. The van der Waals surface area contributed by atoms with Gasteiger partial charge in [-0.1, -0.05) is 35.3 Å². The molecular formula is C13H8Cl2FNO. The SMILES string of the molecule is O=C(Nc1ccccc1F)c1cc(Cl)cc(Cl)c1. The number of hydrogen-bond acceptors (Lipinski definition) is 1. The van der Waals surface area contributed by atoms with Crippen molar-refractivity contribution in [1.82, 2.24) is 0 Å². The summed E-state index contributed by atoms with van der Waals surface area (Å²) in [4.78, 5) is 11.9. The lowest BCUT2D eigenvalue weighted by molar-refractivity contribution is 0.102. The fraction of sp³-hybridized carbons (Fsp3) is 0. The first-order valence-electron chi connectivity index (χ1n) is 5.08. The first-order valence-corrected chi connectivity index (χ1v) is 5.84. The zero-order chi connectivity index (χ0) is 13.1. The third kappa shape index (κ3) is 3.00. The third-order valence-electron chi connectivity index (χ3n) is 2.25. The summed E-state index contributed by atoms with van der Waals surface area (Å²) in [6, 6.07) is 10.3. The van der Waals surface area contributed by atoms with Gasteiger partial charge in [-0.3, -0.25) is 4.79 Å². The van der Waals surface area contributed by atoms with E-state index in [2.05, 4.69) is 5.32 Å². The fourth-order valence-electron chi connectivity index (χ4n) is 1.44. The van der Waals surface area contributed by atoms with E-state index >= 15 is 0 Å². The summed E-state index contributed by atoms with van der Waals surface area (Å²) in [6.07, 6.45) is 0. The lowest BCUT2D eigenvalue weighted by atomic mass is 10.2. The van der Waals surface area contributed by atoms with Gasteiger partial charge in [-0.15, -0.1) is 0 Å². The van der Waals surface area contributed by atoms with E-state index in [-0.39, 0.29) is 11.3 Å². The lowest BCUT2D eigenvalue weighted by Gasteiger charge is -2.06. The highest BCUT2D eigenvalue weighted by atomic mass is 35.5. The van der Waals surface area contributed by atoms with E-state index in [0.717, 1.165) is 0 Å². The highest BCUT2D eigenvalue weighted by Crippen LogP contribution is 2.20. The van der Waals surface area contributed by atoms with Crippen LogP contribution in [0.25, 0.3) is 0 Å². The average molecular weight is 284 g/mol. The van der Waals surface area contributed by atoms with E-state index in [1.165, 1.54) is 30.3 Å². The van der Waals surface area contributed by atoms with Gasteiger partial charge in [0.15, 0.2) is 0 Å². The zero-order valence-corrected chi connectivity index (χ0v) is 10.6. The molecule has 0 aliphatic rings. The number of hydrogen-bond donors (Lipinski definition) is 1. The number of para-hydroxylation sites is 1. The number of amides is 1. The van der Waals surface area contributed by atoms with Crippen LogP contribution >= 0.6 is 23.2 Å². The Morgan fingerprint density at radius 2 is 1.67 bits per heavy atom. The average Bonchev–Trinajstić information content (AvgIpc) is 2.31. The Morgan fingerprint density at radius 1 is 1.06 bits per heavy atom. The summed E-state index contributed by atoms with van der Waals surface area (Å²) < 4.78 is 13.4. The molecule has 0 atom stereocenters. The minimum atomic E-state index is -0.501. The first-order chi connectivity index (χ1) is 8.56. The first kappa shape index (κ1) is 12.9. The highest BCUT2D eigenvalue weighted by Gasteiger charge is 2.10. The van der Waals surface area contributed by atoms with Gasteiger partial charge in [-0.05, 0) is 30.3 Å². The maximum atomic E-state index is 13.4. The number of nitrogens with one attached hydrogen (secondary N) is 1. The number of carbonyl (C=O) groups excluding carboxylic acids is 1. The van der Waals surface area contributed by atoms with E-state index in [4.69, 9.17) is 23.2 Å². The Balaban J connectivity index is 2.25. The molecule has 0 bridgehead atoms. The Bertz CT molecular complexity index is 581. The fourth-order valence-corrected chi connectivity index (χ4v) is 1.97. The maximum Gasteiger partial charge on any atom is 0.255 e. The normalized spacial score (nSPS) is 10.2. The second-order valence-electron chi connectivity index (χ2n) is 3.59. The van der Waals surface area contributed by atoms with Gasteiger partial charge in [0.1, 0.15) is 5.82 Å². The molecule has 0 unspecified atom stereocenters. The molecule has 1 amide bonds. The molecule has 2 nitrogen and oxygen atoms in total. The molecule has 0 heterocycles. The van der Waals surface area contributed by atoms with Crippen molar-refractivity contribution in [3.05, 3.63) is 63.9 Å². The van der Waals surface area contributed by atoms with Crippen LogP contribution in [-0.4, -0.2) is 5.91 Å². The molecule has 1 N–H and O–H groups in total. The van der Waals surface area contributed by atoms with Gasteiger partial charge in [0, 0.05) is 15.6 Å². The summed E-state index contributed by atoms with van der Waals surface area (Å²) >= 11 is 11.6. The van der Waals surface area contributed by atoms with Crippen LogP contribution in [0, 0.1) is 5.82 Å². The number of rotatable bonds is 2. The topological polar surface area (TPSA) is 29.1 Å². The Morgan fingerprint density at radius 3 is 2.28 bits per heavy atom. The minimum absolute atomic E-state index is 0.110. The van der Waals surface area contributed by atoms with Gasteiger partial charge in [0.25, 0.3) is 5.91 Å². The van der Waals surface area contributed by atoms with Gasteiger partial charge in [-0.2, -0.15) is 0 Å². The third-order valence-corrected chi connectivity index (χ3v) is 2.68. The molecule has 0 spiro atoms. The van der Waals surface area contributed by atoms with Gasteiger partial charge in [-0.25, -0.2) is 4.39 Å². The lowest BCUT2D eigenvalue weighted by Crippen LogP contribution is -2.12. The van der Waals surface area contributed by atoms with E-state index < -0.39 is 11.7 Å². The van der Waals surface area contributed by atoms with Gasteiger partial charge >= 0.3 is 0 Å². The van der Waals surface area contributed by atoms with Crippen molar-refractivity contribution in [3.8, 4) is 0 Å². The molecule has 92 valence electrons. The predicted octanol–water partition coefficient (Wildman–Crippen LogP) is 4.38. The minimum Gasteiger partial charge on any atom is -0.319 e. The molecule has 2 rings (SSSR count). The van der Waals surface area contributed by atoms with Crippen LogP contribution in [-0.2, 0) is 0 Å². The van der Waals surface area contributed by atoms with Crippen LogP contribution in [0.2, 0.25) is 10.0 Å². The maximum absolute atomic E-state index is 13.4. The van der Waals surface area contributed by atoms with Gasteiger partial charge in [0.05, 0.1) is 5.69 Å². The summed E-state index contributed by atoms with van der Waals surface area (Å²) in [7, 11) is 0. The molecule has 0 radical (unpaired) electrons. The molecule has 0 saturated heterocycles. The second-order valence-corrected chi connectivity index (χ2v) is 4.46. The monoisotopic (exact) mass is 283 g/mol. The van der Waals surface area contributed by atoms with E-state index in [1.807, 2.05) is 0 Å².